The van der Waals surface area contributed by atoms with E-state index in [0.29, 0.717) is 13.1 Å². The molecular formula is C12H18BrNO2. The predicted octanol–water partition coefficient (Wildman–Crippen LogP) is 1.80. The highest BCUT2D eigenvalue weighted by Crippen LogP contribution is 2.23. The fraction of sp³-hybridized carbons (Fsp3) is 0.500. The highest BCUT2D eigenvalue weighted by Gasteiger charge is 2.14. The molecule has 0 aromatic heterocycles. The zero-order valence-electron chi connectivity index (χ0n) is 9.43. The molecule has 0 bridgehead atoms. The van der Waals surface area contributed by atoms with Crippen molar-refractivity contribution >= 4 is 15.9 Å². The van der Waals surface area contributed by atoms with Gasteiger partial charge < -0.3 is 10.2 Å². The molecular weight excluding hydrogens is 270 g/mol. The van der Waals surface area contributed by atoms with E-state index in [-0.39, 0.29) is 6.61 Å². The van der Waals surface area contributed by atoms with E-state index >= 15 is 0 Å². The third kappa shape index (κ3) is 3.87. The van der Waals surface area contributed by atoms with Gasteiger partial charge in [0.25, 0.3) is 0 Å². The third-order valence-electron chi connectivity index (χ3n) is 2.56. The van der Waals surface area contributed by atoms with Crippen molar-refractivity contribution in [1.29, 1.82) is 0 Å². The maximum absolute atomic E-state index is 10.1. The van der Waals surface area contributed by atoms with Crippen LogP contribution in [-0.4, -0.2) is 41.4 Å². The molecule has 1 unspecified atom stereocenters. The molecule has 0 aliphatic carbocycles. The van der Waals surface area contributed by atoms with Gasteiger partial charge in [-0.15, -0.1) is 0 Å². The minimum absolute atomic E-state index is 0.122. The van der Waals surface area contributed by atoms with Crippen molar-refractivity contribution < 1.29 is 10.2 Å². The zero-order valence-corrected chi connectivity index (χ0v) is 11.0. The van der Waals surface area contributed by atoms with Crippen LogP contribution in [0.15, 0.2) is 28.7 Å². The largest absolute Gasteiger partial charge is 0.395 e. The molecule has 0 radical (unpaired) electrons. The Labute approximate surface area is 105 Å². The molecule has 0 aliphatic rings. The van der Waals surface area contributed by atoms with Crippen molar-refractivity contribution in [3.8, 4) is 0 Å². The monoisotopic (exact) mass is 287 g/mol. The lowest BCUT2D eigenvalue weighted by Crippen LogP contribution is -2.31. The number of aliphatic hydroxyl groups is 2. The lowest BCUT2D eigenvalue weighted by atomic mass is 10.1. The number of halogens is 1. The van der Waals surface area contributed by atoms with Crippen LogP contribution >= 0.6 is 15.9 Å². The van der Waals surface area contributed by atoms with Gasteiger partial charge in [0.15, 0.2) is 0 Å². The highest BCUT2D eigenvalue weighted by molar-refractivity contribution is 9.10. The molecule has 4 heteroatoms. The Morgan fingerprint density at radius 3 is 2.62 bits per heavy atom. The molecule has 1 rings (SSSR count). The summed E-state index contributed by atoms with van der Waals surface area (Å²) in [6, 6.07) is 7.65. The van der Waals surface area contributed by atoms with Gasteiger partial charge in [-0.25, -0.2) is 0 Å². The van der Waals surface area contributed by atoms with Crippen molar-refractivity contribution in [1.82, 2.24) is 4.90 Å². The second-order valence-corrected chi connectivity index (χ2v) is 4.51. The smallest absolute Gasteiger partial charge is 0.0927 e. The summed E-state index contributed by atoms with van der Waals surface area (Å²) < 4.78 is 0.919. The molecule has 1 atom stereocenters. The number of benzene rings is 1. The Morgan fingerprint density at radius 1 is 1.38 bits per heavy atom. The normalized spacial score (nSPS) is 13.1. The van der Waals surface area contributed by atoms with E-state index in [9.17, 15) is 5.11 Å². The van der Waals surface area contributed by atoms with Crippen LogP contribution in [-0.2, 0) is 0 Å². The molecule has 0 aliphatic heterocycles. The van der Waals surface area contributed by atoms with Crippen LogP contribution in [0.5, 0.6) is 0 Å². The Bertz CT molecular complexity index is 320. The first-order valence-electron chi connectivity index (χ1n) is 5.44. The Hall–Kier alpha value is -0.420. The van der Waals surface area contributed by atoms with Gasteiger partial charge in [-0.3, -0.25) is 4.90 Å². The van der Waals surface area contributed by atoms with Crippen LogP contribution in [0, 0.1) is 0 Å². The van der Waals surface area contributed by atoms with Gasteiger partial charge in [-0.05, 0) is 18.2 Å². The van der Waals surface area contributed by atoms with Gasteiger partial charge in [-0.2, -0.15) is 0 Å². The zero-order chi connectivity index (χ0) is 12.0. The molecule has 1 aromatic rings. The minimum Gasteiger partial charge on any atom is -0.395 e. The van der Waals surface area contributed by atoms with Crippen LogP contribution in [0.3, 0.4) is 0 Å². The molecule has 0 saturated carbocycles. The van der Waals surface area contributed by atoms with Gasteiger partial charge >= 0.3 is 0 Å². The Morgan fingerprint density at radius 2 is 2.06 bits per heavy atom. The molecule has 16 heavy (non-hydrogen) atoms. The molecule has 0 fully saturated rings. The lowest BCUT2D eigenvalue weighted by molar-refractivity contribution is 0.103. The van der Waals surface area contributed by atoms with Gasteiger partial charge in [-0.1, -0.05) is 41.1 Å². The predicted molar refractivity (Wildman–Crippen MR) is 68.3 cm³/mol. The first kappa shape index (κ1) is 13.6. The van der Waals surface area contributed by atoms with Crippen molar-refractivity contribution in [2.24, 2.45) is 0 Å². The number of likely N-dealkylation sites (N-methyl/N-ethyl adjacent to an activating group) is 1. The van der Waals surface area contributed by atoms with Crippen LogP contribution in [0.2, 0.25) is 0 Å². The quantitative estimate of drug-likeness (QED) is 0.839. The molecule has 2 N–H and O–H groups in total. The average Bonchev–Trinajstić information content (AvgIpc) is 2.28. The summed E-state index contributed by atoms with van der Waals surface area (Å²) in [5, 5.41) is 18.9. The van der Waals surface area contributed by atoms with E-state index in [1.807, 2.05) is 36.1 Å². The fourth-order valence-corrected chi connectivity index (χ4v) is 2.16. The molecule has 1 aromatic carbocycles. The van der Waals surface area contributed by atoms with E-state index in [1.54, 1.807) is 0 Å². The highest BCUT2D eigenvalue weighted by atomic mass is 79.9. The fourth-order valence-electron chi connectivity index (χ4n) is 1.61. The topological polar surface area (TPSA) is 43.7 Å². The lowest BCUT2D eigenvalue weighted by Gasteiger charge is -2.23. The second-order valence-electron chi connectivity index (χ2n) is 3.65. The molecule has 0 spiro atoms. The van der Waals surface area contributed by atoms with Crippen molar-refractivity contribution in [2.45, 2.75) is 13.0 Å². The van der Waals surface area contributed by atoms with Gasteiger partial charge in [0, 0.05) is 17.6 Å². The number of nitrogens with zero attached hydrogens (tertiary/aromatic N) is 1. The molecule has 0 saturated heterocycles. The molecule has 0 heterocycles. The molecule has 3 nitrogen and oxygen atoms in total. The van der Waals surface area contributed by atoms with Crippen LogP contribution in [0.4, 0.5) is 0 Å². The summed E-state index contributed by atoms with van der Waals surface area (Å²) >= 11 is 3.42. The summed E-state index contributed by atoms with van der Waals surface area (Å²) in [6.45, 7) is 4.10. The van der Waals surface area contributed by atoms with E-state index in [0.717, 1.165) is 16.6 Å². The number of aliphatic hydroxyl groups excluding tert-OH is 2. The summed E-state index contributed by atoms with van der Waals surface area (Å²) in [5.41, 5.74) is 0.888. The summed E-state index contributed by atoms with van der Waals surface area (Å²) in [7, 11) is 0. The van der Waals surface area contributed by atoms with Gasteiger partial charge in [0.1, 0.15) is 0 Å². The Kier molecular flexibility index (Phi) is 5.98. The van der Waals surface area contributed by atoms with Crippen molar-refractivity contribution in [3.05, 3.63) is 34.3 Å². The maximum Gasteiger partial charge on any atom is 0.0927 e. The SMILES string of the molecule is CCN(CCO)CC(O)c1ccccc1Br. The van der Waals surface area contributed by atoms with Crippen molar-refractivity contribution in [3.63, 3.8) is 0 Å². The van der Waals surface area contributed by atoms with E-state index in [1.165, 1.54) is 0 Å². The van der Waals surface area contributed by atoms with E-state index < -0.39 is 6.10 Å². The number of hydrogen-bond acceptors (Lipinski definition) is 3. The van der Waals surface area contributed by atoms with Crippen molar-refractivity contribution in [2.75, 3.05) is 26.2 Å². The minimum atomic E-state index is -0.526. The van der Waals surface area contributed by atoms with Gasteiger partial charge in [0.05, 0.1) is 12.7 Å². The van der Waals surface area contributed by atoms with E-state index in [2.05, 4.69) is 15.9 Å². The number of rotatable bonds is 6. The van der Waals surface area contributed by atoms with E-state index in [4.69, 9.17) is 5.11 Å². The average molecular weight is 288 g/mol. The van der Waals surface area contributed by atoms with Crippen LogP contribution in [0.25, 0.3) is 0 Å². The summed E-state index contributed by atoms with van der Waals surface area (Å²) in [6.07, 6.45) is -0.526. The van der Waals surface area contributed by atoms with Crippen LogP contribution in [0.1, 0.15) is 18.6 Å². The first-order valence-corrected chi connectivity index (χ1v) is 6.24. The maximum atomic E-state index is 10.1. The third-order valence-corrected chi connectivity index (χ3v) is 3.28. The first-order chi connectivity index (χ1) is 7.69. The summed E-state index contributed by atoms with van der Waals surface area (Å²) in [5.74, 6) is 0. The second kappa shape index (κ2) is 7.01. The summed E-state index contributed by atoms with van der Waals surface area (Å²) in [4.78, 5) is 2.02. The molecule has 0 amide bonds. The molecule has 90 valence electrons. The Balaban J connectivity index is 2.64. The van der Waals surface area contributed by atoms with Crippen LogP contribution < -0.4 is 0 Å². The van der Waals surface area contributed by atoms with Gasteiger partial charge in [0.2, 0.25) is 0 Å². The number of hydrogen-bond donors (Lipinski definition) is 2. The standard InChI is InChI=1S/C12H18BrNO2/c1-2-14(7-8-15)9-12(16)10-5-3-4-6-11(10)13/h3-6,12,15-16H,2,7-9H2,1H3.